The maximum absolute atomic E-state index is 3.52. The Hall–Kier alpha value is 0.200. The number of hydrogen-bond acceptors (Lipinski definition) is 2. The molecular formula is C14H21BrCl2N2. The van der Waals surface area contributed by atoms with E-state index in [4.69, 9.17) is 0 Å². The number of nitrogens with zero attached hydrogens (tertiary/aromatic N) is 1. The third kappa shape index (κ3) is 4.33. The summed E-state index contributed by atoms with van der Waals surface area (Å²) >= 11 is 3.52. The van der Waals surface area contributed by atoms with Gasteiger partial charge in [-0.25, -0.2) is 0 Å². The molecule has 0 aromatic heterocycles. The summed E-state index contributed by atoms with van der Waals surface area (Å²) < 4.78 is 1.18. The maximum atomic E-state index is 3.52. The summed E-state index contributed by atoms with van der Waals surface area (Å²) in [5, 5.41) is 3.44. The Morgan fingerprint density at radius 1 is 1.05 bits per heavy atom. The standard InChI is InChI=1S/C14H19BrN2.2ClH/c15-13-5-3-12(4-6-13)14(11-1-2-11)17-9-7-16-8-10-17;;/h3-6,11,14,16H,1-2,7-10H2;2*1H/t14-;;/m1../s1. The minimum Gasteiger partial charge on any atom is -0.314 e. The molecule has 3 rings (SSSR count). The predicted molar refractivity (Wildman–Crippen MR) is 88.5 cm³/mol. The van der Waals surface area contributed by atoms with Gasteiger partial charge in [-0.2, -0.15) is 0 Å². The first kappa shape index (κ1) is 17.3. The molecule has 0 amide bonds. The average Bonchev–Trinajstić information content (AvgIpc) is 3.18. The average molecular weight is 368 g/mol. The maximum Gasteiger partial charge on any atom is 0.0377 e. The van der Waals surface area contributed by atoms with Gasteiger partial charge in [-0.1, -0.05) is 28.1 Å². The van der Waals surface area contributed by atoms with Crippen LogP contribution in [0.5, 0.6) is 0 Å². The van der Waals surface area contributed by atoms with Crippen LogP contribution in [0.3, 0.4) is 0 Å². The smallest absolute Gasteiger partial charge is 0.0377 e. The second-order valence-corrected chi connectivity index (χ2v) is 6.04. The topological polar surface area (TPSA) is 15.3 Å². The van der Waals surface area contributed by atoms with Crippen molar-refractivity contribution in [2.45, 2.75) is 18.9 Å². The first-order valence-corrected chi connectivity index (χ1v) is 7.34. The van der Waals surface area contributed by atoms with Crippen molar-refractivity contribution in [2.75, 3.05) is 26.2 Å². The monoisotopic (exact) mass is 366 g/mol. The predicted octanol–water partition coefficient (Wildman–Crippen LogP) is 3.65. The van der Waals surface area contributed by atoms with E-state index in [1.165, 1.54) is 36.0 Å². The van der Waals surface area contributed by atoms with E-state index in [2.05, 4.69) is 50.4 Å². The van der Waals surface area contributed by atoms with Gasteiger partial charge >= 0.3 is 0 Å². The van der Waals surface area contributed by atoms with Crippen LogP contribution in [-0.2, 0) is 0 Å². The molecule has 1 aliphatic heterocycles. The lowest BCUT2D eigenvalue weighted by Crippen LogP contribution is -2.45. The van der Waals surface area contributed by atoms with E-state index in [0.717, 1.165) is 19.0 Å². The van der Waals surface area contributed by atoms with Gasteiger partial charge in [-0.15, -0.1) is 24.8 Å². The summed E-state index contributed by atoms with van der Waals surface area (Å²) in [7, 11) is 0. The molecule has 0 radical (unpaired) electrons. The number of nitrogens with one attached hydrogen (secondary N) is 1. The van der Waals surface area contributed by atoms with Crippen molar-refractivity contribution in [2.24, 2.45) is 5.92 Å². The zero-order valence-corrected chi connectivity index (χ0v) is 14.1. The minimum absolute atomic E-state index is 0. The lowest BCUT2D eigenvalue weighted by molar-refractivity contribution is 0.156. The Kier molecular flexibility index (Phi) is 7.12. The van der Waals surface area contributed by atoms with Crippen molar-refractivity contribution in [1.82, 2.24) is 10.2 Å². The second-order valence-electron chi connectivity index (χ2n) is 5.12. The van der Waals surface area contributed by atoms with Gasteiger partial charge in [0, 0.05) is 36.7 Å². The van der Waals surface area contributed by atoms with Gasteiger partial charge in [0.15, 0.2) is 0 Å². The van der Waals surface area contributed by atoms with E-state index in [1.807, 2.05) is 0 Å². The molecule has 19 heavy (non-hydrogen) atoms. The Bertz CT molecular complexity index is 376. The highest BCUT2D eigenvalue weighted by Gasteiger charge is 2.36. The lowest BCUT2D eigenvalue weighted by Gasteiger charge is -2.35. The van der Waals surface area contributed by atoms with Gasteiger partial charge in [0.05, 0.1) is 0 Å². The minimum atomic E-state index is 0. The highest BCUT2D eigenvalue weighted by molar-refractivity contribution is 9.10. The number of benzene rings is 1. The molecule has 2 aliphatic rings. The molecular weight excluding hydrogens is 347 g/mol. The van der Waals surface area contributed by atoms with Crippen LogP contribution < -0.4 is 5.32 Å². The SMILES string of the molecule is Brc1ccc([C@@H](C2CC2)N2CCNCC2)cc1.Cl.Cl. The quantitative estimate of drug-likeness (QED) is 0.877. The van der Waals surface area contributed by atoms with E-state index in [-0.39, 0.29) is 24.8 Å². The molecule has 1 aromatic rings. The van der Waals surface area contributed by atoms with Crippen LogP contribution in [0, 0.1) is 5.92 Å². The van der Waals surface area contributed by atoms with Gasteiger partial charge in [-0.05, 0) is 36.5 Å². The van der Waals surface area contributed by atoms with Crippen LogP contribution in [0.2, 0.25) is 0 Å². The van der Waals surface area contributed by atoms with Crippen LogP contribution in [0.25, 0.3) is 0 Å². The molecule has 0 bridgehead atoms. The Balaban J connectivity index is 0.000000902. The lowest BCUT2D eigenvalue weighted by atomic mass is 10.00. The number of rotatable bonds is 3. The van der Waals surface area contributed by atoms with E-state index < -0.39 is 0 Å². The van der Waals surface area contributed by atoms with Gasteiger partial charge in [0.25, 0.3) is 0 Å². The summed E-state index contributed by atoms with van der Waals surface area (Å²) in [5.74, 6) is 0.897. The first-order chi connectivity index (χ1) is 8.34. The summed E-state index contributed by atoms with van der Waals surface area (Å²) in [6, 6.07) is 9.58. The molecule has 2 fully saturated rings. The van der Waals surface area contributed by atoms with Gasteiger partial charge in [0.1, 0.15) is 0 Å². The summed E-state index contributed by atoms with van der Waals surface area (Å²) in [6.45, 7) is 4.66. The molecule has 1 N–H and O–H groups in total. The van der Waals surface area contributed by atoms with Crippen molar-refractivity contribution in [3.63, 3.8) is 0 Å². The van der Waals surface area contributed by atoms with E-state index in [9.17, 15) is 0 Å². The van der Waals surface area contributed by atoms with Crippen LogP contribution in [-0.4, -0.2) is 31.1 Å². The number of piperazine rings is 1. The van der Waals surface area contributed by atoms with E-state index >= 15 is 0 Å². The fraction of sp³-hybridized carbons (Fsp3) is 0.571. The Labute approximate surface area is 136 Å². The highest BCUT2D eigenvalue weighted by atomic mass is 79.9. The van der Waals surface area contributed by atoms with Crippen molar-refractivity contribution in [1.29, 1.82) is 0 Å². The normalized spacial score (nSPS) is 21.1. The molecule has 1 heterocycles. The number of halogens is 3. The number of hydrogen-bond donors (Lipinski definition) is 1. The summed E-state index contributed by atoms with van der Waals surface area (Å²) in [4.78, 5) is 2.66. The Morgan fingerprint density at radius 3 is 2.16 bits per heavy atom. The second kappa shape index (κ2) is 7.84. The van der Waals surface area contributed by atoms with Crippen LogP contribution in [0.1, 0.15) is 24.4 Å². The Morgan fingerprint density at radius 2 is 1.63 bits per heavy atom. The fourth-order valence-electron chi connectivity index (χ4n) is 2.81. The third-order valence-electron chi connectivity index (χ3n) is 3.83. The van der Waals surface area contributed by atoms with Crippen molar-refractivity contribution in [3.8, 4) is 0 Å². The largest absolute Gasteiger partial charge is 0.314 e. The van der Waals surface area contributed by atoms with Crippen molar-refractivity contribution in [3.05, 3.63) is 34.3 Å². The van der Waals surface area contributed by atoms with E-state index in [1.54, 1.807) is 0 Å². The van der Waals surface area contributed by atoms with E-state index in [0.29, 0.717) is 6.04 Å². The highest BCUT2D eigenvalue weighted by Crippen LogP contribution is 2.44. The zero-order chi connectivity index (χ0) is 11.7. The molecule has 1 saturated heterocycles. The van der Waals surface area contributed by atoms with Crippen LogP contribution in [0.15, 0.2) is 28.7 Å². The van der Waals surface area contributed by atoms with Gasteiger partial charge in [0.2, 0.25) is 0 Å². The molecule has 0 spiro atoms. The molecule has 1 aliphatic carbocycles. The van der Waals surface area contributed by atoms with Crippen LogP contribution in [0.4, 0.5) is 0 Å². The summed E-state index contributed by atoms with van der Waals surface area (Å²) in [6.07, 6.45) is 2.81. The van der Waals surface area contributed by atoms with Gasteiger partial charge < -0.3 is 5.32 Å². The zero-order valence-electron chi connectivity index (χ0n) is 10.8. The molecule has 1 atom stereocenters. The molecule has 1 saturated carbocycles. The molecule has 2 nitrogen and oxygen atoms in total. The molecule has 5 heteroatoms. The molecule has 108 valence electrons. The van der Waals surface area contributed by atoms with Gasteiger partial charge in [-0.3, -0.25) is 4.90 Å². The first-order valence-electron chi connectivity index (χ1n) is 6.55. The van der Waals surface area contributed by atoms with Crippen molar-refractivity contribution < 1.29 is 0 Å². The van der Waals surface area contributed by atoms with Crippen molar-refractivity contribution >= 4 is 40.7 Å². The third-order valence-corrected chi connectivity index (χ3v) is 4.35. The molecule has 0 unspecified atom stereocenters. The fourth-order valence-corrected chi connectivity index (χ4v) is 3.08. The summed E-state index contributed by atoms with van der Waals surface area (Å²) in [5.41, 5.74) is 1.50. The van der Waals surface area contributed by atoms with Crippen LogP contribution >= 0.6 is 40.7 Å². The molecule has 1 aromatic carbocycles.